The quantitative estimate of drug-likeness (QED) is 0.547. The van der Waals surface area contributed by atoms with Gasteiger partial charge in [-0.15, -0.1) is 11.3 Å². The van der Waals surface area contributed by atoms with E-state index in [0.717, 1.165) is 25.1 Å². The van der Waals surface area contributed by atoms with Crippen LogP contribution in [0.5, 0.6) is 5.75 Å². The summed E-state index contributed by atoms with van der Waals surface area (Å²) >= 11 is 3.79. The maximum absolute atomic E-state index is 12.5. The highest BCUT2D eigenvalue weighted by Gasteiger charge is 2.15. The molecule has 3 rings (SSSR count). The number of H-pyrrole nitrogens is 1. The predicted molar refractivity (Wildman–Crippen MR) is 85.3 cm³/mol. The minimum atomic E-state index is 0.0404. The van der Waals surface area contributed by atoms with Crippen molar-refractivity contribution in [1.82, 2.24) is 4.98 Å². The van der Waals surface area contributed by atoms with E-state index in [4.69, 9.17) is 4.74 Å². The molecule has 1 N–H and O–H groups in total. The van der Waals surface area contributed by atoms with Crippen molar-refractivity contribution in [1.29, 1.82) is 0 Å². The number of hydrogen-bond acceptors (Lipinski definition) is 3. The van der Waals surface area contributed by atoms with Gasteiger partial charge in [0.05, 0.1) is 9.99 Å². The molecule has 0 unspecified atom stereocenters. The second kappa shape index (κ2) is 4.97. The Bertz CT molecular complexity index is 760. The van der Waals surface area contributed by atoms with Crippen LogP contribution in [0.1, 0.15) is 15.9 Å². The molecule has 19 heavy (non-hydrogen) atoms. The van der Waals surface area contributed by atoms with Gasteiger partial charge in [0.2, 0.25) is 0 Å². The van der Waals surface area contributed by atoms with Gasteiger partial charge >= 0.3 is 0 Å². The van der Waals surface area contributed by atoms with Crippen LogP contribution in [0, 0.1) is 2.88 Å². The molecule has 0 saturated heterocycles. The molecule has 2 aromatic heterocycles. The van der Waals surface area contributed by atoms with Crippen LogP contribution in [-0.2, 0) is 0 Å². The number of aromatic amines is 1. The number of hydrogen-bond donors (Lipinski definition) is 1. The Morgan fingerprint density at radius 2 is 2.21 bits per heavy atom. The number of benzene rings is 1. The number of rotatable bonds is 3. The van der Waals surface area contributed by atoms with Crippen LogP contribution in [-0.4, -0.2) is 17.9 Å². The average Bonchev–Trinajstić information content (AvgIpc) is 3.03. The number of nitrogens with one attached hydrogen (secondary N) is 1. The van der Waals surface area contributed by atoms with E-state index in [9.17, 15) is 4.79 Å². The summed E-state index contributed by atoms with van der Waals surface area (Å²) in [4.78, 5) is 15.6. The molecule has 3 aromatic rings. The Morgan fingerprint density at radius 1 is 1.37 bits per heavy atom. The number of aromatic nitrogens is 1. The maximum Gasteiger partial charge on any atom is 0.196 e. The van der Waals surface area contributed by atoms with Gasteiger partial charge in [-0.05, 0) is 46.9 Å². The first-order valence-corrected chi connectivity index (χ1v) is 7.59. The fourth-order valence-electron chi connectivity index (χ4n) is 2.00. The van der Waals surface area contributed by atoms with Crippen molar-refractivity contribution >= 4 is 50.6 Å². The van der Waals surface area contributed by atoms with Crippen molar-refractivity contribution in [3.63, 3.8) is 0 Å². The fraction of sp³-hybridized carbons (Fsp3) is 0.0714. The van der Waals surface area contributed by atoms with Gasteiger partial charge in [0.15, 0.2) is 5.78 Å². The highest BCUT2D eigenvalue weighted by molar-refractivity contribution is 14.1. The van der Waals surface area contributed by atoms with Crippen molar-refractivity contribution in [2.24, 2.45) is 0 Å². The number of carbonyl (C=O) groups is 1. The third-order valence-electron chi connectivity index (χ3n) is 2.96. The van der Waals surface area contributed by atoms with Crippen LogP contribution in [0.3, 0.4) is 0 Å². The molecule has 2 heterocycles. The first-order chi connectivity index (χ1) is 9.19. The summed E-state index contributed by atoms with van der Waals surface area (Å²) in [6, 6.07) is 7.59. The zero-order valence-corrected chi connectivity index (χ0v) is 13.0. The highest BCUT2D eigenvalue weighted by Crippen LogP contribution is 2.27. The van der Waals surface area contributed by atoms with E-state index in [0.29, 0.717) is 5.56 Å². The Hall–Kier alpha value is -1.34. The molecule has 0 radical (unpaired) electrons. The van der Waals surface area contributed by atoms with Crippen molar-refractivity contribution in [3.8, 4) is 5.75 Å². The Labute approximate surface area is 127 Å². The lowest BCUT2D eigenvalue weighted by molar-refractivity contribution is 0.104. The standard InChI is InChI=1S/C14H10INO2S/c1-18-9-2-3-12-10(5-9)11(6-16-12)14(17)8-4-13(15)19-7-8/h2-7,16H,1H3. The molecule has 1 aromatic carbocycles. The third-order valence-corrected chi connectivity index (χ3v) is 4.75. The lowest BCUT2D eigenvalue weighted by Gasteiger charge is -2.00. The summed E-state index contributed by atoms with van der Waals surface area (Å²) in [7, 11) is 1.62. The number of halogens is 1. The summed E-state index contributed by atoms with van der Waals surface area (Å²) in [6.45, 7) is 0. The number of thiophene rings is 1. The van der Waals surface area contributed by atoms with Crippen LogP contribution in [0.2, 0.25) is 0 Å². The number of ether oxygens (including phenoxy) is 1. The normalized spacial score (nSPS) is 10.8. The lowest BCUT2D eigenvalue weighted by atomic mass is 10.1. The Morgan fingerprint density at radius 3 is 2.89 bits per heavy atom. The smallest absolute Gasteiger partial charge is 0.196 e. The zero-order valence-electron chi connectivity index (χ0n) is 10.1. The number of ketones is 1. The molecule has 0 saturated carbocycles. The largest absolute Gasteiger partial charge is 0.497 e. The fourth-order valence-corrected chi connectivity index (χ4v) is 3.33. The SMILES string of the molecule is COc1ccc2[nH]cc(C(=O)c3csc(I)c3)c2c1. The number of carbonyl (C=O) groups excluding carboxylic acids is 1. The first-order valence-electron chi connectivity index (χ1n) is 5.63. The minimum Gasteiger partial charge on any atom is -0.497 e. The van der Waals surface area contributed by atoms with Gasteiger partial charge in [-0.1, -0.05) is 0 Å². The van der Waals surface area contributed by atoms with Crippen LogP contribution in [0.25, 0.3) is 10.9 Å². The van der Waals surface area contributed by atoms with E-state index in [1.807, 2.05) is 29.6 Å². The predicted octanol–water partition coefficient (Wildman–Crippen LogP) is 4.07. The molecule has 0 spiro atoms. The molecule has 0 amide bonds. The summed E-state index contributed by atoms with van der Waals surface area (Å²) in [5.74, 6) is 0.791. The van der Waals surface area contributed by atoms with Gasteiger partial charge in [-0.3, -0.25) is 4.79 Å². The number of fused-ring (bicyclic) bond motifs is 1. The lowest BCUT2D eigenvalue weighted by Crippen LogP contribution is -1.98. The minimum absolute atomic E-state index is 0.0404. The maximum atomic E-state index is 12.5. The van der Waals surface area contributed by atoms with E-state index in [-0.39, 0.29) is 5.78 Å². The molecule has 5 heteroatoms. The van der Waals surface area contributed by atoms with E-state index >= 15 is 0 Å². The van der Waals surface area contributed by atoms with Crippen LogP contribution in [0.15, 0.2) is 35.8 Å². The van der Waals surface area contributed by atoms with Gasteiger partial charge in [-0.25, -0.2) is 0 Å². The van der Waals surface area contributed by atoms with Crippen molar-refractivity contribution < 1.29 is 9.53 Å². The van der Waals surface area contributed by atoms with E-state index < -0.39 is 0 Å². The summed E-state index contributed by atoms with van der Waals surface area (Å²) in [6.07, 6.45) is 1.76. The second-order valence-corrected chi connectivity index (χ2v) is 6.89. The van der Waals surface area contributed by atoms with E-state index in [2.05, 4.69) is 27.6 Å². The van der Waals surface area contributed by atoms with E-state index in [1.165, 1.54) is 0 Å². The van der Waals surface area contributed by atoms with Crippen LogP contribution < -0.4 is 4.74 Å². The van der Waals surface area contributed by atoms with Crippen LogP contribution >= 0.6 is 33.9 Å². The van der Waals surface area contributed by atoms with Crippen molar-refractivity contribution in [2.45, 2.75) is 0 Å². The number of methoxy groups -OCH3 is 1. The molecule has 0 aliphatic heterocycles. The molecule has 3 nitrogen and oxygen atoms in total. The molecule has 96 valence electrons. The molecule has 0 aliphatic rings. The molecule has 0 fully saturated rings. The van der Waals surface area contributed by atoms with Gasteiger partial charge in [0.1, 0.15) is 5.75 Å². The summed E-state index contributed by atoms with van der Waals surface area (Å²) < 4.78 is 6.32. The van der Waals surface area contributed by atoms with Crippen LogP contribution in [0.4, 0.5) is 0 Å². The van der Waals surface area contributed by atoms with E-state index in [1.54, 1.807) is 24.6 Å². The monoisotopic (exact) mass is 383 g/mol. The third kappa shape index (κ3) is 2.28. The Balaban J connectivity index is 2.12. The summed E-state index contributed by atoms with van der Waals surface area (Å²) in [5, 5.41) is 2.79. The molecule has 0 aliphatic carbocycles. The highest BCUT2D eigenvalue weighted by atomic mass is 127. The van der Waals surface area contributed by atoms with Gasteiger partial charge in [0, 0.05) is 33.6 Å². The van der Waals surface area contributed by atoms with Gasteiger partial charge in [-0.2, -0.15) is 0 Å². The molecular weight excluding hydrogens is 373 g/mol. The first kappa shape index (κ1) is 12.7. The molecule has 0 bridgehead atoms. The van der Waals surface area contributed by atoms with Gasteiger partial charge < -0.3 is 9.72 Å². The second-order valence-electron chi connectivity index (χ2n) is 4.08. The zero-order chi connectivity index (χ0) is 13.4. The average molecular weight is 383 g/mol. The Kier molecular flexibility index (Phi) is 3.32. The van der Waals surface area contributed by atoms with Gasteiger partial charge in [0.25, 0.3) is 0 Å². The topological polar surface area (TPSA) is 42.1 Å². The summed E-state index contributed by atoms with van der Waals surface area (Å²) in [5.41, 5.74) is 2.36. The molecule has 0 atom stereocenters. The van der Waals surface area contributed by atoms with Crippen molar-refractivity contribution in [3.05, 3.63) is 49.9 Å². The molecular formula is C14H10INO2S. The van der Waals surface area contributed by atoms with Crippen molar-refractivity contribution in [2.75, 3.05) is 7.11 Å².